The lowest BCUT2D eigenvalue weighted by atomic mass is 10.0. The van der Waals surface area contributed by atoms with Crippen molar-refractivity contribution in [3.05, 3.63) is 78.4 Å². The highest BCUT2D eigenvalue weighted by atomic mass is 16.2. The van der Waals surface area contributed by atoms with E-state index in [4.69, 9.17) is 0 Å². The molecule has 5 nitrogen and oxygen atoms in total. The van der Waals surface area contributed by atoms with E-state index in [1.165, 1.54) is 11.9 Å². The Hall–Kier alpha value is -3.21. The number of aromatic nitrogens is 2. The molecule has 5 heteroatoms. The number of rotatable bonds is 3. The zero-order valence-corrected chi connectivity index (χ0v) is 14.6. The molecule has 0 radical (unpaired) electrons. The zero-order valence-electron chi connectivity index (χ0n) is 14.6. The Labute approximate surface area is 152 Å². The molecule has 1 atom stereocenters. The SMILES string of the molecule is C[C@H](NC(=O)N1CCc2ccccc21)c1ccc(-c2cncnc2)cc1. The van der Waals surface area contributed by atoms with Gasteiger partial charge in [-0.3, -0.25) is 4.90 Å². The maximum absolute atomic E-state index is 12.7. The van der Waals surface area contributed by atoms with E-state index in [1.807, 2.05) is 54.3 Å². The van der Waals surface area contributed by atoms with Gasteiger partial charge in [0, 0.05) is 30.2 Å². The van der Waals surface area contributed by atoms with Gasteiger partial charge in [-0.15, -0.1) is 0 Å². The number of hydrogen-bond acceptors (Lipinski definition) is 3. The van der Waals surface area contributed by atoms with Gasteiger partial charge in [0.2, 0.25) is 0 Å². The largest absolute Gasteiger partial charge is 0.331 e. The Balaban J connectivity index is 1.45. The number of fused-ring (bicyclic) bond motifs is 1. The second-order valence-corrected chi connectivity index (χ2v) is 6.45. The van der Waals surface area contributed by atoms with Crippen LogP contribution in [0.5, 0.6) is 0 Å². The molecule has 2 amide bonds. The van der Waals surface area contributed by atoms with E-state index >= 15 is 0 Å². The van der Waals surface area contributed by atoms with Crippen LogP contribution in [0, 0.1) is 0 Å². The van der Waals surface area contributed by atoms with Crippen molar-refractivity contribution < 1.29 is 4.79 Å². The summed E-state index contributed by atoms with van der Waals surface area (Å²) in [7, 11) is 0. The smallest absolute Gasteiger partial charge is 0.322 e. The molecular weight excluding hydrogens is 324 g/mol. The first-order chi connectivity index (χ1) is 12.7. The first-order valence-electron chi connectivity index (χ1n) is 8.73. The topological polar surface area (TPSA) is 58.1 Å². The summed E-state index contributed by atoms with van der Waals surface area (Å²) in [6.45, 7) is 2.73. The molecule has 1 N–H and O–H groups in total. The lowest BCUT2D eigenvalue weighted by Gasteiger charge is -2.22. The lowest BCUT2D eigenvalue weighted by molar-refractivity contribution is 0.244. The third kappa shape index (κ3) is 3.16. The third-order valence-corrected chi connectivity index (χ3v) is 4.78. The molecule has 0 bridgehead atoms. The molecule has 1 aliphatic rings. The van der Waals surface area contributed by atoms with Crippen LogP contribution in [0.15, 0.2) is 67.3 Å². The first-order valence-corrected chi connectivity index (χ1v) is 8.73. The number of carbonyl (C=O) groups is 1. The molecule has 130 valence electrons. The van der Waals surface area contributed by atoms with Crippen LogP contribution in [0.3, 0.4) is 0 Å². The number of carbonyl (C=O) groups excluding carboxylic acids is 1. The van der Waals surface area contributed by atoms with E-state index in [0.717, 1.165) is 35.3 Å². The molecule has 0 saturated carbocycles. The Bertz CT molecular complexity index is 909. The van der Waals surface area contributed by atoms with Gasteiger partial charge in [0.1, 0.15) is 6.33 Å². The zero-order chi connectivity index (χ0) is 17.9. The second kappa shape index (κ2) is 6.96. The van der Waals surface area contributed by atoms with Crippen LogP contribution in [-0.2, 0) is 6.42 Å². The minimum absolute atomic E-state index is 0.0528. The van der Waals surface area contributed by atoms with E-state index in [9.17, 15) is 4.79 Å². The predicted molar refractivity (Wildman–Crippen MR) is 102 cm³/mol. The van der Waals surface area contributed by atoms with Crippen LogP contribution in [0.4, 0.5) is 10.5 Å². The van der Waals surface area contributed by atoms with Crippen LogP contribution in [0.25, 0.3) is 11.1 Å². The summed E-state index contributed by atoms with van der Waals surface area (Å²) in [6.07, 6.45) is 6.01. The third-order valence-electron chi connectivity index (χ3n) is 4.78. The molecule has 1 aliphatic heterocycles. The Morgan fingerprint density at radius 2 is 1.77 bits per heavy atom. The Morgan fingerprint density at radius 3 is 2.54 bits per heavy atom. The van der Waals surface area contributed by atoms with Crippen molar-refractivity contribution in [2.24, 2.45) is 0 Å². The Morgan fingerprint density at radius 1 is 1.04 bits per heavy atom. The normalized spacial score (nSPS) is 14.0. The highest BCUT2D eigenvalue weighted by molar-refractivity contribution is 5.94. The van der Waals surface area contributed by atoms with E-state index in [1.54, 1.807) is 12.4 Å². The summed E-state index contributed by atoms with van der Waals surface area (Å²) in [6, 6.07) is 16.1. The number of amides is 2. The number of urea groups is 1. The number of hydrogen-bond donors (Lipinski definition) is 1. The highest BCUT2D eigenvalue weighted by Gasteiger charge is 2.25. The van der Waals surface area contributed by atoms with Crippen LogP contribution in [0.2, 0.25) is 0 Å². The average Bonchev–Trinajstić information content (AvgIpc) is 3.13. The molecule has 1 aromatic heterocycles. The molecule has 0 unspecified atom stereocenters. The summed E-state index contributed by atoms with van der Waals surface area (Å²) < 4.78 is 0. The number of anilines is 1. The van der Waals surface area contributed by atoms with Crippen molar-refractivity contribution in [1.29, 1.82) is 0 Å². The fourth-order valence-electron chi connectivity index (χ4n) is 3.31. The highest BCUT2D eigenvalue weighted by Crippen LogP contribution is 2.28. The molecule has 3 aromatic rings. The Kier molecular flexibility index (Phi) is 4.35. The van der Waals surface area contributed by atoms with E-state index in [0.29, 0.717) is 0 Å². The first kappa shape index (κ1) is 16.3. The maximum Gasteiger partial charge on any atom is 0.322 e. The molecule has 0 aliphatic carbocycles. The monoisotopic (exact) mass is 344 g/mol. The number of para-hydroxylation sites is 1. The summed E-state index contributed by atoms with van der Waals surface area (Å²) in [5.41, 5.74) is 5.33. The van der Waals surface area contributed by atoms with Gasteiger partial charge in [-0.25, -0.2) is 14.8 Å². The summed E-state index contributed by atoms with van der Waals surface area (Å²) in [4.78, 5) is 22.6. The van der Waals surface area contributed by atoms with Crippen LogP contribution < -0.4 is 10.2 Å². The van der Waals surface area contributed by atoms with E-state index in [-0.39, 0.29) is 12.1 Å². The van der Waals surface area contributed by atoms with Gasteiger partial charge in [0.05, 0.1) is 6.04 Å². The van der Waals surface area contributed by atoms with Crippen molar-refractivity contribution >= 4 is 11.7 Å². The number of nitrogens with one attached hydrogen (secondary N) is 1. The van der Waals surface area contributed by atoms with Gasteiger partial charge in [0.15, 0.2) is 0 Å². The molecular formula is C21H20N4O. The summed E-state index contributed by atoms with van der Waals surface area (Å²) in [5.74, 6) is 0. The van der Waals surface area contributed by atoms with Gasteiger partial charge < -0.3 is 5.32 Å². The molecule has 0 spiro atoms. The van der Waals surface area contributed by atoms with Crippen molar-refractivity contribution in [3.63, 3.8) is 0 Å². The predicted octanol–water partition coefficient (Wildman–Crippen LogP) is 3.98. The molecule has 4 rings (SSSR count). The molecule has 26 heavy (non-hydrogen) atoms. The quantitative estimate of drug-likeness (QED) is 0.782. The van der Waals surface area contributed by atoms with Gasteiger partial charge in [0.25, 0.3) is 0 Å². The van der Waals surface area contributed by atoms with Crippen LogP contribution in [-0.4, -0.2) is 22.5 Å². The van der Waals surface area contributed by atoms with Gasteiger partial charge in [-0.05, 0) is 36.1 Å². The standard InChI is InChI=1S/C21H20N4O/c1-15(16-6-8-17(9-7-16)19-12-22-14-23-13-19)24-21(26)25-11-10-18-4-2-3-5-20(18)25/h2-9,12-15H,10-11H2,1H3,(H,24,26)/t15-/m0/s1. The molecule has 2 heterocycles. The number of nitrogens with zero attached hydrogens (tertiary/aromatic N) is 3. The second-order valence-electron chi connectivity index (χ2n) is 6.45. The van der Waals surface area contributed by atoms with Gasteiger partial charge >= 0.3 is 6.03 Å². The fourth-order valence-corrected chi connectivity index (χ4v) is 3.31. The van der Waals surface area contributed by atoms with Crippen molar-refractivity contribution in [3.8, 4) is 11.1 Å². The molecule has 2 aromatic carbocycles. The van der Waals surface area contributed by atoms with Crippen molar-refractivity contribution in [2.75, 3.05) is 11.4 Å². The summed E-state index contributed by atoms with van der Waals surface area (Å²) in [5, 5.41) is 3.10. The van der Waals surface area contributed by atoms with E-state index < -0.39 is 0 Å². The van der Waals surface area contributed by atoms with Crippen LogP contribution >= 0.6 is 0 Å². The van der Waals surface area contributed by atoms with Crippen molar-refractivity contribution in [2.45, 2.75) is 19.4 Å². The fraction of sp³-hybridized carbons (Fsp3) is 0.190. The minimum atomic E-state index is -0.0728. The maximum atomic E-state index is 12.7. The molecule has 0 saturated heterocycles. The van der Waals surface area contributed by atoms with Crippen LogP contribution in [0.1, 0.15) is 24.1 Å². The summed E-state index contributed by atoms with van der Waals surface area (Å²) >= 11 is 0. The number of benzene rings is 2. The average molecular weight is 344 g/mol. The lowest BCUT2D eigenvalue weighted by Crippen LogP contribution is -2.40. The van der Waals surface area contributed by atoms with Crippen molar-refractivity contribution in [1.82, 2.24) is 15.3 Å². The van der Waals surface area contributed by atoms with Gasteiger partial charge in [-0.1, -0.05) is 42.5 Å². The minimum Gasteiger partial charge on any atom is -0.331 e. The van der Waals surface area contributed by atoms with E-state index in [2.05, 4.69) is 21.4 Å². The van der Waals surface area contributed by atoms with Gasteiger partial charge in [-0.2, -0.15) is 0 Å². The molecule has 0 fully saturated rings.